The van der Waals surface area contributed by atoms with E-state index in [1.807, 2.05) is 32.0 Å². The number of non-ortho nitro benzene ring substituents is 1. The number of benzene rings is 2. The summed E-state index contributed by atoms with van der Waals surface area (Å²) in [4.78, 5) is 29.3. The first-order valence-electron chi connectivity index (χ1n) is 7.54. The maximum Gasteiger partial charge on any atom is 0.270 e. The molecular formula is C17H14ClN3O3S. The minimum atomic E-state index is -0.548. The predicted octanol–water partition coefficient (Wildman–Crippen LogP) is 4.83. The third kappa shape index (κ3) is 3.20. The SMILES string of the molecule is CCN(C(=O)c1ccc([N+](=O)[O-])cc1Cl)c1nc2c(C)cccc2s1. The van der Waals surface area contributed by atoms with Gasteiger partial charge in [-0.1, -0.05) is 35.1 Å². The van der Waals surface area contributed by atoms with Crippen molar-refractivity contribution in [3.8, 4) is 0 Å². The smallest absolute Gasteiger partial charge is 0.270 e. The Morgan fingerprint density at radius 1 is 1.36 bits per heavy atom. The second-order valence-corrected chi connectivity index (χ2v) is 6.81. The van der Waals surface area contributed by atoms with Crippen molar-refractivity contribution in [2.75, 3.05) is 11.4 Å². The monoisotopic (exact) mass is 375 g/mol. The van der Waals surface area contributed by atoms with Gasteiger partial charge in [-0.2, -0.15) is 0 Å². The van der Waals surface area contributed by atoms with Gasteiger partial charge in [-0.05, 0) is 31.5 Å². The molecule has 8 heteroatoms. The van der Waals surface area contributed by atoms with Crippen molar-refractivity contribution in [3.63, 3.8) is 0 Å². The molecule has 0 aliphatic carbocycles. The van der Waals surface area contributed by atoms with Crippen LogP contribution in [-0.2, 0) is 0 Å². The van der Waals surface area contributed by atoms with E-state index in [1.165, 1.54) is 34.4 Å². The average Bonchev–Trinajstić information content (AvgIpc) is 3.00. The van der Waals surface area contributed by atoms with Gasteiger partial charge in [0, 0.05) is 18.7 Å². The lowest BCUT2D eigenvalue weighted by atomic mass is 10.2. The number of para-hydroxylation sites is 1. The first-order chi connectivity index (χ1) is 11.9. The van der Waals surface area contributed by atoms with E-state index in [0.717, 1.165) is 15.8 Å². The number of rotatable bonds is 4. The molecule has 25 heavy (non-hydrogen) atoms. The van der Waals surface area contributed by atoms with Crippen LogP contribution in [0.4, 0.5) is 10.8 Å². The lowest BCUT2D eigenvalue weighted by Gasteiger charge is -2.18. The zero-order valence-corrected chi connectivity index (χ0v) is 15.1. The van der Waals surface area contributed by atoms with Gasteiger partial charge in [-0.15, -0.1) is 0 Å². The molecule has 0 unspecified atom stereocenters. The number of aromatic nitrogens is 1. The predicted molar refractivity (Wildman–Crippen MR) is 99.8 cm³/mol. The van der Waals surface area contributed by atoms with Crippen molar-refractivity contribution in [1.29, 1.82) is 0 Å². The summed E-state index contributed by atoms with van der Waals surface area (Å²) in [6.07, 6.45) is 0. The molecule has 3 rings (SSSR count). The third-order valence-electron chi connectivity index (χ3n) is 3.80. The number of halogens is 1. The van der Waals surface area contributed by atoms with Crippen molar-refractivity contribution >= 4 is 49.9 Å². The summed E-state index contributed by atoms with van der Waals surface area (Å²) < 4.78 is 0.996. The number of thiazole rings is 1. The summed E-state index contributed by atoms with van der Waals surface area (Å²) in [7, 11) is 0. The fraction of sp³-hybridized carbons (Fsp3) is 0.176. The van der Waals surface area contributed by atoms with Crippen LogP contribution in [0.1, 0.15) is 22.8 Å². The van der Waals surface area contributed by atoms with E-state index < -0.39 is 4.92 Å². The number of hydrogen-bond acceptors (Lipinski definition) is 5. The standard InChI is InChI=1S/C17H14ClN3O3S/c1-3-20(17-19-15-10(2)5-4-6-14(15)25-17)16(22)12-8-7-11(21(23)24)9-13(12)18/h4-9H,3H2,1-2H3. The number of carbonyl (C=O) groups excluding carboxylic acids is 1. The van der Waals surface area contributed by atoms with E-state index in [1.54, 1.807) is 0 Å². The molecule has 1 aromatic heterocycles. The van der Waals surface area contributed by atoms with Crippen molar-refractivity contribution in [2.24, 2.45) is 0 Å². The minimum absolute atomic E-state index is 0.0509. The van der Waals surface area contributed by atoms with Crippen molar-refractivity contribution in [1.82, 2.24) is 4.98 Å². The molecule has 0 bridgehead atoms. The van der Waals surface area contributed by atoms with E-state index in [0.29, 0.717) is 11.7 Å². The molecule has 0 spiro atoms. The summed E-state index contributed by atoms with van der Waals surface area (Å²) in [6, 6.07) is 9.72. The molecule has 1 amide bonds. The zero-order valence-electron chi connectivity index (χ0n) is 13.5. The van der Waals surface area contributed by atoms with Gasteiger partial charge in [0.15, 0.2) is 5.13 Å². The number of hydrogen-bond donors (Lipinski definition) is 0. The second-order valence-electron chi connectivity index (χ2n) is 5.39. The average molecular weight is 376 g/mol. The number of amides is 1. The first-order valence-corrected chi connectivity index (χ1v) is 8.73. The molecule has 0 atom stereocenters. The Morgan fingerprint density at radius 2 is 2.12 bits per heavy atom. The van der Waals surface area contributed by atoms with Crippen LogP contribution in [0, 0.1) is 17.0 Å². The molecule has 0 aliphatic rings. The first kappa shape index (κ1) is 17.3. The Hall–Kier alpha value is -2.51. The molecule has 0 fully saturated rings. The Kier molecular flexibility index (Phi) is 4.69. The summed E-state index contributed by atoms with van der Waals surface area (Å²) in [6.45, 7) is 4.22. The van der Waals surface area contributed by atoms with Crippen molar-refractivity contribution in [3.05, 3.63) is 62.7 Å². The molecule has 0 radical (unpaired) electrons. The molecule has 0 aliphatic heterocycles. The van der Waals surface area contributed by atoms with Crippen LogP contribution in [0.5, 0.6) is 0 Å². The molecule has 128 valence electrons. The summed E-state index contributed by atoms with van der Waals surface area (Å²) in [5.74, 6) is -0.334. The largest absolute Gasteiger partial charge is 0.284 e. The van der Waals surface area contributed by atoms with Gasteiger partial charge in [0.2, 0.25) is 0 Å². The Morgan fingerprint density at radius 3 is 2.72 bits per heavy atom. The number of carbonyl (C=O) groups is 1. The number of nitro benzene ring substituents is 1. The topological polar surface area (TPSA) is 76.3 Å². The Bertz CT molecular complexity index is 986. The van der Waals surface area contributed by atoms with E-state index in [2.05, 4.69) is 4.98 Å². The molecule has 3 aromatic rings. The van der Waals surface area contributed by atoms with Gasteiger partial charge in [-0.3, -0.25) is 19.8 Å². The van der Waals surface area contributed by atoms with Crippen LogP contribution in [-0.4, -0.2) is 22.4 Å². The Balaban J connectivity index is 2.01. The molecule has 0 saturated heterocycles. The fourth-order valence-corrected chi connectivity index (χ4v) is 3.85. The van der Waals surface area contributed by atoms with Gasteiger partial charge in [-0.25, -0.2) is 4.98 Å². The summed E-state index contributed by atoms with van der Waals surface area (Å²) in [5, 5.41) is 11.4. The number of fused-ring (bicyclic) bond motifs is 1. The molecule has 1 heterocycles. The Labute approximate surface area is 152 Å². The minimum Gasteiger partial charge on any atom is -0.284 e. The van der Waals surface area contributed by atoms with Crippen LogP contribution < -0.4 is 4.90 Å². The number of anilines is 1. The van der Waals surface area contributed by atoms with E-state index in [9.17, 15) is 14.9 Å². The zero-order chi connectivity index (χ0) is 18.1. The van der Waals surface area contributed by atoms with Gasteiger partial charge in [0.25, 0.3) is 11.6 Å². The number of nitro groups is 1. The van der Waals surface area contributed by atoms with Crippen LogP contribution in [0.2, 0.25) is 5.02 Å². The highest BCUT2D eigenvalue weighted by atomic mass is 35.5. The highest BCUT2D eigenvalue weighted by Crippen LogP contribution is 2.32. The van der Waals surface area contributed by atoms with Crippen molar-refractivity contribution in [2.45, 2.75) is 13.8 Å². The molecule has 0 saturated carbocycles. The summed E-state index contributed by atoms with van der Waals surface area (Å²) >= 11 is 7.52. The highest BCUT2D eigenvalue weighted by Gasteiger charge is 2.23. The van der Waals surface area contributed by atoms with Gasteiger partial charge in [0.1, 0.15) is 0 Å². The van der Waals surface area contributed by atoms with E-state index in [4.69, 9.17) is 11.6 Å². The van der Waals surface area contributed by atoms with Gasteiger partial charge in [0.05, 0.1) is 25.7 Å². The lowest BCUT2D eigenvalue weighted by Crippen LogP contribution is -2.30. The quantitative estimate of drug-likeness (QED) is 0.483. The van der Waals surface area contributed by atoms with Gasteiger partial charge < -0.3 is 0 Å². The second kappa shape index (κ2) is 6.78. The molecule has 2 aromatic carbocycles. The van der Waals surface area contributed by atoms with Crippen LogP contribution in [0.15, 0.2) is 36.4 Å². The number of nitrogens with zero attached hydrogens (tertiary/aromatic N) is 3. The molecule has 6 nitrogen and oxygen atoms in total. The van der Waals surface area contributed by atoms with Crippen molar-refractivity contribution < 1.29 is 9.72 Å². The van der Waals surface area contributed by atoms with Crippen LogP contribution >= 0.6 is 22.9 Å². The normalized spacial score (nSPS) is 10.8. The fourth-order valence-electron chi connectivity index (χ4n) is 2.49. The summed E-state index contributed by atoms with van der Waals surface area (Å²) in [5.41, 5.74) is 1.96. The third-order valence-corrected chi connectivity index (χ3v) is 5.15. The maximum atomic E-state index is 12.9. The number of aryl methyl sites for hydroxylation is 1. The van der Waals surface area contributed by atoms with E-state index in [-0.39, 0.29) is 22.2 Å². The van der Waals surface area contributed by atoms with Crippen LogP contribution in [0.3, 0.4) is 0 Å². The van der Waals surface area contributed by atoms with E-state index >= 15 is 0 Å². The highest BCUT2D eigenvalue weighted by molar-refractivity contribution is 7.22. The molecule has 0 N–H and O–H groups in total. The van der Waals surface area contributed by atoms with Gasteiger partial charge >= 0.3 is 0 Å². The van der Waals surface area contributed by atoms with Crippen LogP contribution in [0.25, 0.3) is 10.2 Å². The maximum absolute atomic E-state index is 12.9. The molecular weight excluding hydrogens is 362 g/mol. The lowest BCUT2D eigenvalue weighted by molar-refractivity contribution is -0.384.